The van der Waals surface area contributed by atoms with E-state index in [4.69, 9.17) is 9.47 Å². The van der Waals surface area contributed by atoms with Crippen LogP contribution in [0.4, 0.5) is 18.9 Å². The van der Waals surface area contributed by atoms with Crippen LogP contribution in [0.3, 0.4) is 0 Å². The van der Waals surface area contributed by atoms with Gasteiger partial charge in [0.25, 0.3) is 0 Å². The van der Waals surface area contributed by atoms with E-state index in [-0.39, 0.29) is 12.1 Å². The first-order valence-corrected chi connectivity index (χ1v) is 11.7. The minimum absolute atomic E-state index is 0.166. The Morgan fingerprint density at radius 2 is 1.75 bits per heavy atom. The van der Waals surface area contributed by atoms with Gasteiger partial charge in [-0.2, -0.15) is 13.2 Å². The Morgan fingerprint density at radius 3 is 2.44 bits per heavy atom. The molecular formula is C30H30F3NO2. The van der Waals surface area contributed by atoms with Crippen LogP contribution < -0.4 is 14.8 Å². The molecule has 0 saturated heterocycles. The van der Waals surface area contributed by atoms with Crippen LogP contribution in [0.5, 0.6) is 11.5 Å². The molecule has 6 heteroatoms. The number of halogens is 3. The van der Waals surface area contributed by atoms with Crippen LogP contribution >= 0.6 is 0 Å². The number of alkyl halides is 3. The predicted molar refractivity (Wildman–Crippen MR) is 139 cm³/mol. The molecule has 3 aromatic rings. The van der Waals surface area contributed by atoms with Crippen LogP contribution in [0.2, 0.25) is 0 Å². The molecule has 0 aromatic heterocycles. The fourth-order valence-electron chi connectivity index (χ4n) is 4.81. The number of hydrogen-bond donors (Lipinski definition) is 1. The number of rotatable bonds is 7. The van der Waals surface area contributed by atoms with Crippen molar-refractivity contribution in [3.8, 4) is 22.6 Å². The van der Waals surface area contributed by atoms with E-state index in [2.05, 4.69) is 31.8 Å². The van der Waals surface area contributed by atoms with Gasteiger partial charge in [-0.3, -0.25) is 0 Å². The smallest absolute Gasteiger partial charge is 0.416 e. The van der Waals surface area contributed by atoms with Gasteiger partial charge in [0.1, 0.15) is 18.1 Å². The monoisotopic (exact) mass is 493 g/mol. The second-order valence-corrected chi connectivity index (χ2v) is 9.49. The van der Waals surface area contributed by atoms with Crippen molar-refractivity contribution < 1.29 is 22.6 Å². The van der Waals surface area contributed by atoms with E-state index in [0.717, 1.165) is 40.1 Å². The first-order valence-electron chi connectivity index (χ1n) is 11.7. The lowest BCUT2D eigenvalue weighted by Crippen LogP contribution is -2.32. The number of anilines is 1. The number of para-hydroxylation sites is 1. The third kappa shape index (κ3) is 5.13. The highest BCUT2D eigenvalue weighted by Crippen LogP contribution is 2.44. The Kier molecular flexibility index (Phi) is 6.90. The van der Waals surface area contributed by atoms with E-state index in [9.17, 15) is 13.2 Å². The summed E-state index contributed by atoms with van der Waals surface area (Å²) in [6.45, 7) is 10.2. The average Bonchev–Trinajstić information content (AvgIpc) is 2.81. The van der Waals surface area contributed by atoms with Gasteiger partial charge in [-0.15, -0.1) is 6.58 Å². The molecule has 1 aliphatic rings. The Balaban J connectivity index is 1.90. The van der Waals surface area contributed by atoms with Gasteiger partial charge in [0.2, 0.25) is 0 Å². The van der Waals surface area contributed by atoms with Gasteiger partial charge >= 0.3 is 6.18 Å². The van der Waals surface area contributed by atoms with E-state index in [1.165, 1.54) is 13.2 Å². The molecule has 0 radical (unpaired) electrons. The number of benzene rings is 3. The van der Waals surface area contributed by atoms with Crippen molar-refractivity contribution in [2.75, 3.05) is 12.4 Å². The number of hydrogen-bond acceptors (Lipinski definition) is 3. The minimum atomic E-state index is -4.48. The van der Waals surface area contributed by atoms with Crippen molar-refractivity contribution >= 4 is 11.3 Å². The normalized spacial score (nSPS) is 14.4. The molecule has 4 rings (SSSR count). The van der Waals surface area contributed by atoms with E-state index in [1.54, 1.807) is 0 Å². The van der Waals surface area contributed by atoms with Crippen molar-refractivity contribution in [1.82, 2.24) is 0 Å². The highest BCUT2D eigenvalue weighted by Gasteiger charge is 2.32. The first kappa shape index (κ1) is 25.4. The zero-order valence-electron chi connectivity index (χ0n) is 20.9. The second kappa shape index (κ2) is 9.76. The summed E-state index contributed by atoms with van der Waals surface area (Å²) in [5.74, 6) is 1.07. The second-order valence-electron chi connectivity index (χ2n) is 9.49. The van der Waals surface area contributed by atoms with Gasteiger partial charge in [-0.1, -0.05) is 36.4 Å². The maximum absolute atomic E-state index is 13.6. The molecule has 3 aromatic carbocycles. The summed E-state index contributed by atoms with van der Waals surface area (Å²) in [5.41, 5.74) is 4.64. The van der Waals surface area contributed by atoms with Crippen molar-refractivity contribution in [2.24, 2.45) is 0 Å². The lowest BCUT2D eigenvalue weighted by Gasteiger charge is -2.33. The highest BCUT2D eigenvalue weighted by molar-refractivity contribution is 5.88. The van der Waals surface area contributed by atoms with Crippen LogP contribution in [-0.2, 0) is 19.2 Å². The maximum atomic E-state index is 13.6. The lowest BCUT2D eigenvalue weighted by molar-refractivity contribution is -0.137. The van der Waals surface area contributed by atoms with Crippen molar-refractivity contribution in [1.29, 1.82) is 0 Å². The molecule has 0 bridgehead atoms. The Labute approximate surface area is 210 Å². The topological polar surface area (TPSA) is 30.5 Å². The molecule has 0 atom stereocenters. The zero-order chi connectivity index (χ0) is 26.1. The van der Waals surface area contributed by atoms with Crippen LogP contribution in [0.1, 0.15) is 43.0 Å². The van der Waals surface area contributed by atoms with Gasteiger partial charge in [0, 0.05) is 22.4 Å². The molecule has 0 aliphatic carbocycles. The Morgan fingerprint density at radius 1 is 1.00 bits per heavy atom. The number of methoxy groups -OCH3 is 1. The van der Waals surface area contributed by atoms with E-state index < -0.39 is 11.7 Å². The highest BCUT2D eigenvalue weighted by atomic mass is 19.4. The molecule has 1 N–H and O–H groups in total. The molecule has 0 fully saturated rings. The molecule has 0 spiro atoms. The molecular weight excluding hydrogens is 463 g/mol. The first-order chi connectivity index (χ1) is 17.0. The van der Waals surface area contributed by atoms with Crippen LogP contribution in [-0.4, -0.2) is 12.6 Å². The molecule has 0 unspecified atom stereocenters. The quantitative estimate of drug-likeness (QED) is 0.336. The number of nitrogens with one attached hydrogen (secondary N) is 1. The minimum Gasteiger partial charge on any atom is -0.496 e. The van der Waals surface area contributed by atoms with Gasteiger partial charge in [-0.25, -0.2) is 0 Å². The number of fused-ring (bicyclic) bond motifs is 1. The molecule has 188 valence electrons. The molecule has 3 nitrogen and oxygen atoms in total. The molecule has 1 aliphatic heterocycles. The summed E-state index contributed by atoms with van der Waals surface area (Å²) in [5, 5.41) is 3.52. The SMILES string of the molecule is C=CCc1ccccc1OCc1c(-c2cc(C(F)(F)F)ccc2OC)ccc2c1C(C)=CC(C)(C)N2. The van der Waals surface area contributed by atoms with Gasteiger partial charge in [-0.05, 0) is 74.2 Å². The lowest BCUT2D eigenvalue weighted by atomic mass is 9.85. The number of allylic oxidation sites excluding steroid dienone is 2. The molecule has 0 saturated carbocycles. The third-order valence-electron chi connectivity index (χ3n) is 6.27. The largest absolute Gasteiger partial charge is 0.496 e. The van der Waals surface area contributed by atoms with E-state index in [1.807, 2.05) is 49.4 Å². The third-order valence-corrected chi connectivity index (χ3v) is 6.27. The average molecular weight is 494 g/mol. The summed E-state index contributed by atoms with van der Waals surface area (Å²) < 4.78 is 52.7. The summed E-state index contributed by atoms with van der Waals surface area (Å²) in [7, 11) is 1.46. The van der Waals surface area contributed by atoms with Crippen LogP contribution in [0.15, 0.2) is 73.3 Å². The fraction of sp³-hybridized carbons (Fsp3) is 0.267. The fourth-order valence-corrected chi connectivity index (χ4v) is 4.81. The Bertz CT molecular complexity index is 1320. The molecule has 36 heavy (non-hydrogen) atoms. The van der Waals surface area contributed by atoms with Crippen LogP contribution in [0.25, 0.3) is 16.7 Å². The predicted octanol–water partition coefficient (Wildman–Crippen LogP) is 8.30. The number of ether oxygens (including phenoxy) is 2. The standard InChI is InChI=1S/C30H30F3NO2/c1-6-9-20-10-7-8-11-26(20)36-18-24-22(13-14-25-28(24)19(2)17-29(3,4)34-25)23-16-21(30(31,32)33)12-15-27(23)35-5/h6-8,10-17,34H,1,9,18H2,2-5H3. The van der Waals surface area contributed by atoms with Crippen molar-refractivity contribution in [2.45, 2.75) is 45.5 Å². The van der Waals surface area contributed by atoms with Gasteiger partial charge in [0.15, 0.2) is 0 Å². The Hall–Kier alpha value is -3.67. The summed E-state index contributed by atoms with van der Waals surface area (Å²) in [6.07, 6.45) is 0.102. The van der Waals surface area contributed by atoms with E-state index in [0.29, 0.717) is 29.0 Å². The molecule has 1 heterocycles. The van der Waals surface area contributed by atoms with Crippen molar-refractivity contribution in [3.63, 3.8) is 0 Å². The summed E-state index contributed by atoms with van der Waals surface area (Å²) >= 11 is 0. The maximum Gasteiger partial charge on any atom is 0.416 e. The summed E-state index contributed by atoms with van der Waals surface area (Å²) in [6, 6.07) is 15.0. The van der Waals surface area contributed by atoms with Gasteiger partial charge < -0.3 is 14.8 Å². The van der Waals surface area contributed by atoms with Crippen LogP contribution in [0, 0.1) is 0 Å². The van der Waals surface area contributed by atoms with Gasteiger partial charge in [0.05, 0.1) is 18.2 Å². The molecule has 0 amide bonds. The van der Waals surface area contributed by atoms with E-state index >= 15 is 0 Å². The zero-order valence-corrected chi connectivity index (χ0v) is 20.9. The van der Waals surface area contributed by atoms with Crippen molar-refractivity contribution in [3.05, 3.63) is 95.6 Å². The summed E-state index contributed by atoms with van der Waals surface area (Å²) in [4.78, 5) is 0.